The molecule has 24 heavy (non-hydrogen) atoms. The van der Waals surface area contributed by atoms with Crippen LogP contribution in [0.4, 0.5) is 0 Å². The number of nitrogens with zero attached hydrogens (tertiary/aromatic N) is 2. The van der Waals surface area contributed by atoms with Crippen LogP contribution in [0, 0.1) is 0 Å². The zero-order chi connectivity index (χ0) is 17.0. The topological polar surface area (TPSA) is 52.7 Å². The van der Waals surface area contributed by atoms with E-state index in [1.165, 1.54) is 0 Å². The molecule has 0 radical (unpaired) electrons. The van der Waals surface area contributed by atoms with Crippen LogP contribution in [0.25, 0.3) is 0 Å². The fourth-order valence-electron chi connectivity index (χ4n) is 3.97. The highest BCUT2D eigenvalue weighted by molar-refractivity contribution is 5.88. The van der Waals surface area contributed by atoms with Crippen molar-refractivity contribution >= 4 is 11.8 Å². The third-order valence-corrected chi connectivity index (χ3v) is 5.42. The lowest BCUT2D eigenvalue weighted by Gasteiger charge is -2.40. The summed E-state index contributed by atoms with van der Waals surface area (Å²) < 4.78 is 0. The van der Waals surface area contributed by atoms with Gasteiger partial charge in [0.15, 0.2) is 0 Å². The highest BCUT2D eigenvalue weighted by Gasteiger charge is 2.43. The summed E-state index contributed by atoms with van der Waals surface area (Å²) in [5, 5.41) is 3.38. The van der Waals surface area contributed by atoms with Crippen LogP contribution in [0.15, 0.2) is 30.3 Å². The van der Waals surface area contributed by atoms with Crippen molar-refractivity contribution in [3.05, 3.63) is 35.9 Å². The zero-order valence-electron chi connectivity index (χ0n) is 14.5. The van der Waals surface area contributed by atoms with E-state index in [0.29, 0.717) is 13.1 Å². The molecule has 2 aliphatic rings. The third kappa shape index (κ3) is 3.31. The van der Waals surface area contributed by atoms with Gasteiger partial charge in [0, 0.05) is 33.1 Å². The van der Waals surface area contributed by atoms with Crippen LogP contribution >= 0.6 is 0 Å². The molecule has 0 unspecified atom stereocenters. The van der Waals surface area contributed by atoms with Gasteiger partial charge in [-0.05, 0) is 37.9 Å². The largest absolute Gasteiger partial charge is 0.341 e. The fraction of sp³-hybridized carbons (Fsp3) is 0.579. The monoisotopic (exact) mass is 329 g/mol. The maximum Gasteiger partial charge on any atom is 0.233 e. The molecule has 2 fully saturated rings. The Morgan fingerprint density at radius 2 is 1.58 bits per heavy atom. The molecule has 5 heteroatoms. The summed E-state index contributed by atoms with van der Waals surface area (Å²) in [4.78, 5) is 29.0. The highest BCUT2D eigenvalue weighted by atomic mass is 16.2. The molecular weight excluding hydrogens is 302 g/mol. The Bertz CT molecular complexity index is 582. The molecule has 0 aliphatic carbocycles. The molecule has 0 aromatic heterocycles. The maximum absolute atomic E-state index is 13.5. The SMILES string of the molecule is CC(=O)N1CCCN(C(=O)C2(c3ccccc3)CCNCC2)CC1. The van der Waals surface area contributed by atoms with Gasteiger partial charge < -0.3 is 15.1 Å². The second-order valence-corrected chi connectivity index (χ2v) is 6.85. The molecule has 130 valence electrons. The van der Waals surface area contributed by atoms with Crippen LogP contribution < -0.4 is 5.32 Å². The van der Waals surface area contributed by atoms with Crippen LogP contribution in [0.5, 0.6) is 0 Å². The van der Waals surface area contributed by atoms with Crippen LogP contribution in [-0.2, 0) is 15.0 Å². The van der Waals surface area contributed by atoms with Crippen molar-refractivity contribution in [1.29, 1.82) is 0 Å². The number of benzene rings is 1. The second kappa shape index (κ2) is 7.34. The van der Waals surface area contributed by atoms with Crippen molar-refractivity contribution in [3.8, 4) is 0 Å². The smallest absolute Gasteiger partial charge is 0.233 e. The van der Waals surface area contributed by atoms with Crippen molar-refractivity contribution in [2.75, 3.05) is 39.3 Å². The lowest BCUT2D eigenvalue weighted by atomic mass is 9.72. The van der Waals surface area contributed by atoms with E-state index in [1.807, 2.05) is 28.0 Å². The number of carbonyl (C=O) groups is 2. The van der Waals surface area contributed by atoms with Crippen molar-refractivity contribution in [1.82, 2.24) is 15.1 Å². The molecule has 2 heterocycles. The Morgan fingerprint density at radius 1 is 0.958 bits per heavy atom. The minimum Gasteiger partial charge on any atom is -0.341 e. The number of piperidine rings is 1. The normalized spacial score (nSPS) is 21.2. The standard InChI is InChI=1S/C19H27N3O2/c1-16(23)21-12-5-13-22(15-14-21)18(24)19(8-10-20-11-9-19)17-6-3-2-4-7-17/h2-4,6-7,20H,5,8-15H2,1H3. The van der Waals surface area contributed by atoms with Gasteiger partial charge in [-0.2, -0.15) is 0 Å². The summed E-state index contributed by atoms with van der Waals surface area (Å²) >= 11 is 0. The zero-order valence-corrected chi connectivity index (χ0v) is 14.5. The third-order valence-electron chi connectivity index (χ3n) is 5.42. The predicted octanol–water partition coefficient (Wildman–Crippen LogP) is 1.39. The molecule has 5 nitrogen and oxygen atoms in total. The van der Waals surface area contributed by atoms with E-state index in [0.717, 1.165) is 51.0 Å². The molecule has 1 N–H and O–H groups in total. The fourth-order valence-corrected chi connectivity index (χ4v) is 3.97. The molecule has 0 bridgehead atoms. The molecule has 3 rings (SSSR count). The van der Waals surface area contributed by atoms with Crippen LogP contribution in [0.3, 0.4) is 0 Å². The maximum atomic E-state index is 13.5. The van der Waals surface area contributed by atoms with E-state index in [9.17, 15) is 9.59 Å². The molecule has 1 aromatic rings. The van der Waals surface area contributed by atoms with Gasteiger partial charge in [-0.1, -0.05) is 30.3 Å². The Morgan fingerprint density at radius 3 is 2.25 bits per heavy atom. The molecule has 1 aromatic carbocycles. The van der Waals surface area contributed by atoms with Gasteiger partial charge in [0.05, 0.1) is 5.41 Å². The summed E-state index contributed by atoms with van der Waals surface area (Å²) in [5.41, 5.74) is 0.710. The molecule has 2 amide bonds. The van der Waals surface area contributed by atoms with Crippen molar-refractivity contribution < 1.29 is 9.59 Å². The number of hydrogen-bond donors (Lipinski definition) is 1. The van der Waals surface area contributed by atoms with Gasteiger partial charge in [-0.3, -0.25) is 9.59 Å². The lowest BCUT2D eigenvalue weighted by Crippen LogP contribution is -2.53. The van der Waals surface area contributed by atoms with Crippen molar-refractivity contribution in [2.24, 2.45) is 0 Å². The molecule has 2 aliphatic heterocycles. The van der Waals surface area contributed by atoms with E-state index in [2.05, 4.69) is 17.4 Å². The van der Waals surface area contributed by atoms with E-state index < -0.39 is 5.41 Å². The van der Waals surface area contributed by atoms with Crippen LogP contribution in [-0.4, -0.2) is 60.9 Å². The van der Waals surface area contributed by atoms with Gasteiger partial charge in [0.2, 0.25) is 11.8 Å². The summed E-state index contributed by atoms with van der Waals surface area (Å²) in [5.74, 6) is 0.338. The van der Waals surface area contributed by atoms with Crippen LogP contribution in [0.1, 0.15) is 31.7 Å². The highest BCUT2D eigenvalue weighted by Crippen LogP contribution is 2.35. The Balaban J connectivity index is 1.83. The molecule has 2 saturated heterocycles. The first-order valence-corrected chi connectivity index (χ1v) is 8.95. The summed E-state index contributed by atoms with van der Waals surface area (Å²) in [6.45, 7) is 6.12. The van der Waals surface area contributed by atoms with Crippen molar-refractivity contribution in [2.45, 2.75) is 31.6 Å². The Hall–Kier alpha value is -1.88. The van der Waals surface area contributed by atoms with Crippen LogP contribution in [0.2, 0.25) is 0 Å². The van der Waals surface area contributed by atoms with E-state index in [4.69, 9.17) is 0 Å². The van der Waals surface area contributed by atoms with Crippen molar-refractivity contribution in [3.63, 3.8) is 0 Å². The molecular formula is C19H27N3O2. The minimum absolute atomic E-state index is 0.101. The number of rotatable bonds is 2. The number of amides is 2. The second-order valence-electron chi connectivity index (χ2n) is 6.85. The average Bonchev–Trinajstić information content (AvgIpc) is 2.89. The summed E-state index contributed by atoms with van der Waals surface area (Å²) in [6, 6.07) is 10.2. The van der Waals surface area contributed by atoms with Gasteiger partial charge in [0.25, 0.3) is 0 Å². The molecule has 0 saturated carbocycles. The van der Waals surface area contributed by atoms with E-state index in [1.54, 1.807) is 6.92 Å². The minimum atomic E-state index is -0.419. The lowest BCUT2D eigenvalue weighted by molar-refractivity contribution is -0.139. The summed E-state index contributed by atoms with van der Waals surface area (Å²) in [7, 11) is 0. The molecule has 0 spiro atoms. The van der Waals surface area contributed by atoms with E-state index in [-0.39, 0.29) is 11.8 Å². The number of carbonyl (C=O) groups excluding carboxylic acids is 2. The quantitative estimate of drug-likeness (QED) is 0.892. The first-order chi connectivity index (χ1) is 11.6. The average molecular weight is 329 g/mol. The number of nitrogens with one attached hydrogen (secondary N) is 1. The van der Waals surface area contributed by atoms with E-state index >= 15 is 0 Å². The summed E-state index contributed by atoms with van der Waals surface area (Å²) in [6.07, 6.45) is 2.53. The van der Waals surface area contributed by atoms with Gasteiger partial charge in [-0.15, -0.1) is 0 Å². The predicted molar refractivity (Wildman–Crippen MR) is 93.7 cm³/mol. The van der Waals surface area contributed by atoms with Gasteiger partial charge in [0.1, 0.15) is 0 Å². The number of hydrogen-bond acceptors (Lipinski definition) is 3. The Labute approximate surface area is 144 Å². The first kappa shape index (κ1) is 17.0. The Kier molecular flexibility index (Phi) is 5.19. The molecule has 0 atom stereocenters. The van der Waals surface area contributed by atoms with Gasteiger partial charge in [-0.25, -0.2) is 0 Å². The first-order valence-electron chi connectivity index (χ1n) is 8.95. The van der Waals surface area contributed by atoms with Gasteiger partial charge >= 0.3 is 0 Å².